The van der Waals surface area contributed by atoms with Gasteiger partial charge in [-0.25, -0.2) is 0 Å². The molecule has 0 amide bonds. The van der Waals surface area contributed by atoms with Crippen LogP contribution in [0.3, 0.4) is 0 Å². The predicted molar refractivity (Wildman–Crippen MR) is 137 cm³/mol. The summed E-state index contributed by atoms with van der Waals surface area (Å²) in [7, 11) is -1.98. The summed E-state index contributed by atoms with van der Waals surface area (Å²) in [4.78, 5) is 40.4. The standard InChI is InChI=1S/C26H49NO6Si/c1-13-19(16-28)21(23(30)33-25(5,6)7)27-15-18(17-31-34(11,12)26(8,9)10)14-20(27)22(29)32-24(2,3)4/h16,18-21H,13-15,17H2,1-12H3. The number of ether oxygens (including phenoxy) is 2. The number of carbonyl (C=O) groups excluding carboxylic acids is 3. The van der Waals surface area contributed by atoms with E-state index in [4.69, 9.17) is 13.9 Å². The Labute approximate surface area is 208 Å². The SMILES string of the molecule is CCC(C=O)C(C(=O)OC(C)(C)C)N1CC(CO[Si](C)(C)C(C)(C)C)CC1C(=O)OC(C)(C)C. The quantitative estimate of drug-likeness (QED) is 0.251. The lowest BCUT2D eigenvalue weighted by molar-refractivity contribution is -0.170. The molecule has 0 spiro atoms. The van der Waals surface area contributed by atoms with Crippen molar-refractivity contribution in [2.75, 3.05) is 13.2 Å². The van der Waals surface area contributed by atoms with Crippen molar-refractivity contribution in [3.05, 3.63) is 0 Å². The highest BCUT2D eigenvalue weighted by Gasteiger charge is 2.48. The molecule has 34 heavy (non-hydrogen) atoms. The van der Waals surface area contributed by atoms with Gasteiger partial charge in [-0.3, -0.25) is 14.5 Å². The van der Waals surface area contributed by atoms with E-state index >= 15 is 0 Å². The zero-order chi connectivity index (χ0) is 26.7. The van der Waals surface area contributed by atoms with Gasteiger partial charge in [-0.15, -0.1) is 0 Å². The normalized spacial score (nSPS) is 22.2. The maximum Gasteiger partial charge on any atom is 0.324 e. The number of likely N-dealkylation sites (tertiary alicyclic amines) is 1. The number of esters is 2. The van der Waals surface area contributed by atoms with Crippen LogP contribution in [-0.4, -0.2) is 67.9 Å². The van der Waals surface area contributed by atoms with Crippen LogP contribution < -0.4 is 0 Å². The average molecular weight is 500 g/mol. The molecule has 1 aliphatic rings. The molecule has 1 heterocycles. The summed E-state index contributed by atoms with van der Waals surface area (Å²) in [5.41, 5.74) is -1.36. The minimum Gasteiger partial charge on any atom is -0.459 e. The molecular formula is C26H49NO6Si. The Balaban J connectivity index is 3.30. The fourth-order valence-corrected chi connectivity index (χ4v) is 4.92. The first-order chi connectivity index (χ1) is 15.2. The second-order valence-corrected chi connectivity index (χ2v) is 17.9. The monoisotopic (exact) mass is 499 g/mol. The first-order valence-corrected chi connectivity index (χ1v) is 15.4. The predicted octanol–water partition coefficient (Wildman–Crippen LogP) is 4.98. The Hall–Kier alpha value is -1.25. The van der Waals surface area contributed by atoms with Gasteiger partial charge in [-0.2, -0.15) is 0 Å². The van der Waals surface area contributed by atoms with Crippen molar-refractivity contribution < 1.29 is 28.3 Å². The molecule has 7 nitrogen and oxygen atoms in total. The second kappa shape index (κ2) is 11.2. The lowest BCUT2D eigenvalue weighted by Crippen LogP contribution is -2.54. The molecule has 0 N–H and O–H groups in total. The number of rotatable bonds is 9. The average Bonchev–Trinajstić information content (AvgIpc) is 3.04. The van der Waals surface area contributed by atoms with Gasteiger partial charge in [-0.05, 0) is 78.4 Å². The van der Waals surface area contributed by atoms with Gasteiger partial charge < -0.3 is 18.7 Å². The van der Waals surface area contributed by atoms with Crippen molar-refractivity contribution in [1.29, 1.82) is 0 Å². The van der Waals surface area contributed by atoms with E-state index in [0.717, 1.165) is 6.29 Å². The van der Waals surface area contributed by atoms with Crippen LogP contribution in [0.2, 0.25) is 18.1 Å². The fourth-order valence-electron chi connectivity index (χ4n) is 3.84. The summed E-state index contributed by atoms with van der Waals surface area (Å²) in [6.45, 7) is 24.7. The van der Waals surface area contributed by atoms with Crippen molar-refractivity contribution in [2.24, 2.45) is 11.8 Å². The van der Waals surface area contributed by atoms with Crippen molar-refractivity contribution in [2.45, 2.75) is 123 Å². The van der Waals surface area contributed by atoms with Gasteiger partial charge in [-0.1, -0.05) is 27.7 Å². The maximum atomic E-state index is 13.3. The molecule has 0 radical (unpaired) electrons. The Morgan fingerprint density at radius 3 is 1.94 bits per heavy atom. The largest absolute Gasteiger partial charge is 0.459 e. The van der Waals surface area contributed by atoms with Gasteiger partial charge in [0.2, 0.25) is 0 Å². The van der Waals surface area contributed by atoms with Gasteiger partial charge >= 0.3 is 11.9 Å². The summed E-state index contributed by atoms with van der Waals surface area (Å²) >= 11 is 0. The fraction of sp³-hybridized carbons (Fsp3) is 0.885. The Morgan fingerprint density at radius 1 is 1.00 bits per heavy atom. The third kappa shape index (κ3) is 8.75. The van der Waals surface area contributed by atoms with Gasteiger partial charge in [0.1, 0.15) is 29.6 Å². The molecule has 0 aromatic heterocycles. The van der Waals surface area contributed by atoms with Crippen LogP contribution in [0.5, 0.6) is 0 Å². The van der Waals surface area contributed by atoms with Crippen molar-refractivity contribution in [3.8, 4) is 0 Å². The van der Waals surface area contributed by atoms with Crippen molar-refractivity contribution in [3.63, 3.8) is 0 Å². The molecule has 4 unspecified atom stereocenters. The van der Waals surface area contributed by atoms with E-state index in [1.807, 2.05) is 32.6 Å². The van der Waals surface area contributed by atoms with Crippen molar-refractivity contribution in [1.82, 2.24) is 4.90 Å². The van der Waals surface area contributed by atoms with Crippen LogP contribution in [0, 0.1) is 11.8 Å². The smallest absolute Gasteiger partial charge is 0.324 e. The molecule has 0 aliphatic carbocycles. The van der Waals surface area contributed by atoms with E-state index in [-0.39, 0.29) is 16.9 Å². The van der Waals surface area contributed by atoms with E-state index in [0.29, 0.717) is 26.0 Å². The van der Waals surface area contributed by atoms with Crippen LogP contribution in [0.25, 0.3) is 0 Å². The summed E-state index contributed by atoms with van der Waals surface area (Å²) in [5, 5.41) is 0.0692. The molecule has 4 atom stereocenters. The molecule has 0 saturated carbocycles. The number of hydrogen-bond donors (Lipinski definition) is 0. The number of carbonyl (C=O) groups is 3. The van der Waals surface area contributed by atoms with Gasteiger partial charge in [0.05, 0.1) is 0 Å². The number of aldehydes is 1. The van der Waals surface area contributed by atoms with Gasteiger partial charge in [0.15, 0.2) is 8.32 Å². The number of nitrogens with zero attached hydrogens (tertiary/aromatic N) is 1. The Kier molecular flexibility index (Phi) is 10.1. The Bertz CT molecular complexity index is 716. The van der Waals surface area contributed by atoms with E-state index in [1.54, 1.807) is 20.8 Å². The lowest BCUT2D eigenvalue weighted by atomic mass is 9.96. The Morgan fingerprint density at radius 2 is 1.53 bits per heavy atom. The summed E-state index contributed by atoms with van der Waals surface area (Å²) < 4.78 is 17.9. The molecule has 1 fully saturated rings. The highest BCUT2D eigenvalue weighted by atomic mass is 28.4. The third-order valence-corrected chi connectivity index (χ3v) is 11.1. The van der Waals surface area contributed by atoms with Crippen LogP contribution in [0.1, 0.15) is 82.1 Å². The molecule has 1 aliphatic heterocycles. The molecule has 0 bridgehead atoms. The molecule has 198 valence electrons. The maximum absolute atomic E-state index is 13.3. The summed E-state index contributed by atoms with van der Waals surface area (Å²) in [5.74, 6) is -1.40. The zero-order valence-corrected chi connectivity index (χ0v) is 24.6. The lowest BCUT2D eigenvalue weighted by Gasteiger charge is -2.37. The van der Waals surface area contributed by atoms with Gasteiger partial charge in [0, 0.05) is 19.1 Å². The molecule has 0 aromatic rings. The molecule has 1 rings (SSSR count). The summed E-state index contributed by atoms with van der Waals surface area (Å²) in [6.07, 6.45) is 1.79. The highest BCUT2D eigenvalue weighted by Crippen LogP contribution is 2.38. The zero-order valence-electron chi connectivity index (χ0n) is 23.6. The van der Waals surface area contributed by atoms with E-state index in [1.165, 1.54) is 0 Å². The van der Waals surface area contributed by atoms with E-state index in [9.17, 15) is 14.4 Å². The topological polar surface area (TPSA) is 82.1 Å². The first kappa shape index (κ1) is 30.8. The molecule has 0 aromatic carbocycles. The van der Waals surface area contributed by atoms with Crippen molar-refractivity contribution >= 4 is 26.5 Å². The molecule has 8 heteroatoms. The van der Waals surface area contributed by atoms with Crippen LogP contribution in [0.4, 0.5) is 0 Å². The first-order valence-electron chi connectivity index (χ1n) is 12.5. The molecule has 1 saturated heterocycles. The van der Waals surface area contributed by atoms with E-state index < -0.39 is 43.5 Å². The molecular weight excluding hydrogens is 450 g/mol. The van der Waals surface area contributed by atoms with Crippen LogP contribution in [-0.2, 0) is 28.3 Å². The third-order valence-electron chi connectivity index (χ3n) is 6.65. The van der Waals surface area contributed by atoms with Crippen LogP contribution >= 0.6 is 0 Å². The highest BCUT2D eigenvalue weighted by molar-refractivity contribution is 6.74. The minimum absolute atomic E-state index is 0.0424. The van der Waals surface area contributed by atoms with Crippen LogP contribution in [0.15, 0.2) is 0 Å². The minimum atomic E-state index is -1.98. The number of hydrogen-bond acceptors (Lipinski definition) is 7. The van der Waals surface area contributed by atoms with E-state index in [2.05, 4.69) is 33.9 Å². The summed E-state index contributed by atoms with van der Waals surface area (Å²) in [6, 6.07) is -1.49. The second-order valence-electron chi connectivity index (χ2n) is 13.1. The van der Waals surface area contributed by atoms with Gasteiger partial charge in [0.25, 0.3) is 0 Å².